The molecule has 0 fully saturated rings. The molecule has 24 heavy (non-hydrogen) atoms. The third kappa shape index (κ3) is 2.76. The highest BCUT2D eigenvalue weighted by Crippen LogP contribution is 2.23. The van der Waals surface area contributed by atoms with Crippen molar-refractivity contribution < 1.29 is 4.79 Å². The quantitative estimate of drug-likeness (QED) is 0.794. The molecule has 4 rings (SSSR count). The lowest BCUT2D eigenvalue weighted by Gasteiger charge is -2.13. The van der Waals surface area contributed by atoms with Crippen molar-refractivity contribution in [1.82, 2.24) is 25.5 Å². The Kier molecular flexibility index (Phi) is 3.74. The average Bonchev–Trinajstić information content (AvgIpc) is 3.24. The van der Waals surface area contributed by atoms with Gasteiger partial charge < -0.3 is 5.32 Å². The summed E-state index contributed by atoms with van der Waals surface area (Å²) in [5.74, 6) is -0.187. The normalized spacial score (nSPS) is 13.7. The van der Waals surface area contributed by atoms with Gasteiger partial charge in [0.05, 0.1) is 16.3 Å². The van der Waals surface area contributed by atoms with Crippen LogP contribution in [0, 0.1) is 0 Å². The van der Waals surface area contributed by atoms with E-state index in [1.807, 2.05) is 12.1 Å². The number of tetrazole rings is 1. The first-order chi connectivity index (χ1) is 11.7. The molecule has 0 aliphatic heterocycles. The molecule has 3 aromatic rings. The fourth-order valence-corrected chi connectivity index (χ4v) is 3.24. The van der Waals surface area contributed by atoms with Crippen molar-refractivity contribution in [3.63, 3.8) is 0 Å². The third-order valence-corrected chi connectivity index (χ3v) is 4.52. The predicted octanol–water partition coefficient (Wildman–Crippen LogP) is 2.21. The second-order valence-electron chi connectivity index (χ2n) is 5.77. The van der Waals surface area contributed by atoms with Crippen LogP contribution in [0.5, 0.6) is 0 Å². The molecule has 1 heterocycles. The lowest BCUT2D eigenvalue weighted by atomic mass is 10.1. The van der Waals surface area contributed by atoms with Gasteiger partial charge in [-0.15, -0.1) is 5.10 Å². The minimum absolute atomic E-state index is 0.0858. The van der Waals surface area contributed by atoms with Crippen LogP contribution in [0.2, 0.25) is 5.02 Å². The average molecular weight is 340 g/mol. The van der Waals surface area contributed by atoms with E-state index in [1.54, 1.807) is 18.2 Å². The van der Waals surface area contributed by atoms with E-state index in [0.717, 1.165) is 12.8 Å². The van der Waals surface area contributed by atoms with Gasteiger partial charge in [0.15, 0.2) is 0 Å². The molecular weight excluding hydrogens is 326 g/mol. The number of amides is 1. The van der Waals surface area contributed by atoms with Gasteiger partial charge in [-0.2, -0.15) is 0 Å². The first-order valence-electron chi connectivity index (χ1n) is 7.61. The lowest BCUT2D eigenvalue weighted by molar-refractivity contribution is 0.0938. The lowest BCUT2D eigenvalue weighted by Crippen LogP contribution is -2.35. The number of nitrogens with one attached hydrogen (secondary N) is 1. The zero-order valence-electron chi connectivity index (χ0n) is 12.7. The van der Waals surface area contributed by atoms with Crippen molar-refractivity contribution in [2.45, 2.75) is 18.9 Å². The van der Waals surface area contributed by atoms with Crippen molar-refractivity contribution >= 4 is 17.5 Å². The maximum absolute atomic E-state index is 12.6. The summed E-state index contributed by atoms with van der Waals surface area (Å²) in [4.78, 5) is 12.6. The van der Waals surface area contributed by atoms with Gasteiger partial charge in [0.25, 0.3) is 5.91 Å². The number of hydrogen-bond donors (Lipinski definition) is 1. The van der Waals surface area contributed by atoms with E-state index >= 15 is 0 Å². The maximum Gasteiger partial charge on any atom is 0.253 e. The molecule has 0 atom stereocenters. The molecule has 1 amide bonds. The number of benzene rings is 2. The number of hydrogen-bond acceptors (Lipinski definition) is 4. The summed E-state index contributed by atoms with van der Waals surface area (Å²) >= 11 is 6.21. The van der Waals surface area contributed by atoms with E-state index in [9.17, 15) is 4.79 Å². The molecular formula is C17H14ClN5O. The van der Waals surface area contributed by atoms with Crippen LogP contribution in [0.1, 0.15) is 21.5 Å². The monoisotopic (exact) mass is 339 g/mol. The van der Waals surface area contributed by atoms with Crippen LogP contribution >= 0.6 is 11.6 Å². The van der Waals surface area contributed by atoms with Crippen LogP contribution in [0.25, 0.3) is 5.69 Å². The molecule has 0 saturated carbocycles. The van der Waals surface area contributed by atoms with Crippen LogP contribution < -0.4 is 5.32 Å². The molecule has 120 valence electrons. The number of nitrogens with zero attached hydrogens (tertiary/aromatic N) is 4. The second-order valence-corrected chi connectivity index (χ2v) is 6.17. The van der Waals surface area contributed by atoms with Gasteiger partial charge in [0.1, 0.15) is 6.33 Å². The van der Waals surface area contributed by atoms with E-state index in [4.69, 9.17) is 11.6 Å². The highest BCUT2D eigenvalue weighted by molar-refractivity contribution is 6.33. The summed E-state index contributed by atoms with van der Waals surface area (Å²) in [6, 6.07) is 13.5. The first-order valence-corrected chi connectivity index (χ1v) is 7.99. The number of aromatic nitrogens is 4. The zero-order valence-corrected chi connectivity index (χ0v) is 13.4. The Balaban J connectivity index is 1.54. The van der Waals surface area contributed by atoms with Gasteiger partial charge in [0.2, 0.25) is 0 Å². The van der Waals surface area contributed by atoms with Crippen LogP contribution in [0.15, 0.2) is 48.8 Å². The van der Waals surface area contributed by atoms with E-state index in [2.05, 4.69) is 33.0 Å². The van der Waals surface area contributed by atoms with Crippen LogP contribution in [-0.4, -0.2) is 32.2 Å². The van der Waals surface area contributed by atoms with Crippen molar-refractivity contribution in [2.24, 2.45) is 0 Å². The summed E-state index contributed by atoms with van der Waals surface area (Å²) in [5, 5.41) is 14.5. The second kappa shape index (κ2) is 6.05. The highest BCUT2D eigenvalue weighted by atomic mass is 35.5. The number of carbonyl (C=O) groups is 1. The largest absolute Gasteiger partial charge is 0.349 e. The molecule has 0 spiro atoms. The molecule has 1 N–H and O–H groups in total. The summed E-state index contributed by atoms with van der Waals surface area (Å²) in [6.45, 7) is 0. The summed E-state index contributed by atoms with van der Waals surface area (Å²) in [6.07, 6.45) is 3.15. The molecule has 2 aromatic carbocycles. The minimum atomic E-state index is -0.187. The highest BCUT2D eigenvalue weighted by Gasteiger charge is 2.23. The number of rotatable bonds is 3. The number of fused-ring (bicyclic) bond motifs is 1. The van der Waals surface area contributed by atoms with Gasteiger partial charge in [-0.3, -0.25) is 4.79 Å². The fourth-order valence-electron chi connectivity index (χ4n) is 3.03. The topological polar surface area (TPSA) is 72.7 Å². The molecule has 0 radical (unpaired) electrons. The molecule has 1 aliphatic rings. The maximum atomic E-state index is 12.6. The standard InChI is InChI=1S/C17H14ClN5O/c18-16-6-5-14(23-10-19-21-22-23)9-15(16)17(24)20-13-7-11-3-1-2-4-12(11)8-13/h1-6,9-10,13H,7-8H2,(H,20,24). The summed E-state index contributed by atoms with van der Waals surface area (Å²) in [5.41, 5.74) is 3.68. The Morgan fingerprint density at radius 1 is 1.17 bits per heavy atom. The molecule has 1 aromatic heterocycles. The third-order valence-electron chi connectivity index (χ3n) is 4.19. The first kappa shape index (κ1) is 14.8. The molecule has 1 aliphatic carbocycles. The minimum Gasteiger partial charge on any atom is -0.349 e. The Labute approximate surface area is 143 Å². The molecule has 7 heteroatoms. The number of carbonyl (C=O) groups excluding carboxylic acids is 1. The Morgan fingerprint density at radius 3 is 2.58 bits per heavy atom. The van der Waals surface area contributed by atoms with Gasteiger partial charge in [0, 0.05) is 6.04 Å². The summed E-state index contributed by atoms with van der Waals surface area (Å²) < 4.78 is 1.48. The van der Waals surface area contributed by atoms with Gasteiger partial charge in [-0.05, 0) is 52.6 Å². The zero-order chi connectivity index (χ0) is 16.5. The van der Waals surface area contributed by atoms with Crippen molar-refractivity contribution in [1.29, 1.82) is 0 Å². The Morgan fingerprint density at radius 2 is 1.92 bits per heavy atom. The summed E-state index contributed by atoms with van der Waals surface area (Å²) in [7, 11) is 0. The van der Waals surface area contributed by atoms with Gasteiger partial charge >= 0.3 is 0 Å². The Hall–Kier alpha value is -2.73. The predicted molar refractivity (Wildman–Crippen MR) is 89.3 cm³/mol. The smallest absolute Gasteiger partial charge is 0.253 e. The van der Waals surface area contributed by atoms with Gasteiger partial charge in [-0.1, -0.05) is 35.9 Å². The van der Waals surface area contributed by atoms with E-state index in [-0.39, 0.29) is 11.9 Å². The van der Waals surface area contributed by atoms with E-state index in [1.165, 1.54) is 22.1 Å². The van der Waals surface area contributed by atoms with Crippen molar-refractivity contribution in [3.8, 4) is 5.69 Å². The van der Waals surface area contributed by atoms with Crippen molar-refractivity contribution in [2.75, 3.05) is 0 Å². The fraction of sp³-hybridized carbons (Fsp3) is 0.176. The molecule has 6 nitrogen and oxygen atoms in total. The van der Waals surface area contributed by atoms with Crippen LogP contribution in [-0.2, 0) is 12.8 Å². The van der Waals surface area contributed by atoms with E-state index in [0.29, 0.717) is 16.3 Å². The SMILES string of the molecule is O=C(NC1Cc2ccccc2C1)c1cc(-n2cnnn2)ccc1Cl. The van der Waals surface area contributed by atoms with Crippen LogP contribution in [0.3, 0.4) is 0 Å². The van der Waals surface area contributed by atoms with Crippen molar-refractivity contribution in [3.05, 3.63) is 70.5 Å². The molecule has 0 unspecified atom stereocenters. The molecule has 0 saturated heterocycles. The van der Waals surface area contributed by atoms with E-state index < -0.39 is 0 Å². The molecule has 0 bridgehead atoms. The Bertz CT molecular complexity index is 869. The van der Waals surface area contributed by atoms with Crippen LogP contribution in [0.4, 0.5) is 0 Å². The number of halogens is 1. The van der Waals surface area contributed by atoms with Gasteiger partial charge in [-0.25, -0.2) is 4.68 Å².